The first-order chi connectivity index (χ1) is 3.15. The highest BCUT2D eigenvalue weighted by Crippen LogP contribution is 1.44. The summed E-state index contributed by atoms with van der Waals surface area (Å²) >= 11 is -2.78. The van der Waals surface area contributed by atoms with Gasteiger partial charge < -0.3 is 4.66 Å². The van der Waals surface area contributed by atoms with Crippen LogP contribution in [0.15, 0.2) is 0 Å². The molecule has 7 heteroatoms. The third-order valence-corrected chi connectivity index (χ3v) is 0. The monoisotopic (exact) mass is 150 g/mol. The largest absolute Gasteiger partial charge is 0.506 e. The van der Waals surface area contributed by atoms with Crippen molar-refractivity contribution in [2.75, 3.05) is 0 Å². The van der Waals surface area contributed by atoms with Crippen LogP contribution in [0.2, 0.25) is 0 Å². The fourth-order valence-electron chi connectivity index (χ4n) is 0. The molecule has 7 heavy (non-hydrogen) atoms. The van der Waals surface area contributed by atoms with E-state index in [0.717, 1.165) is 0 Å². The average molecular weight is 151 g/mol. The standard InChI is InChI=1S/ClHO2.H2O3S/c2-1-3;1-4(2)3/h2H;(H2,1,2,3). The molecule has 0 spiro atoms. The predicted molar refractivity (Wildman–Crippen MR) is 15.6 cm³/mol. The first-order valence-corrected chi connectivity index (χ1v) is 2.57. The summed E-state index contributed by atoms with van der Waals surface area (Å²) in [4.78, 5) is 0. The average Bonchev–Trinajstić information content (AvgIpc) is 1.33. The van der Waals surface area contributed by atoms with Crippen molar-refractivity contribution in [2.45, 2.75) is 0 Å². The van der Waals surface area contributed by atoms with Crippen molar-refractivity contribution in [2.24, 2.45) is 0 Å². The number of halogens is 1. The highest BCUT2D eigenvalue weighted by molar-refractivity contribution is 7.73. The van der Waals surface area contributed by atoms with Gasteiger partial charge in [-0.05, 0) is 0 Å². The number of hydrogen-bond donors (Lipinski definition) is 3. The Morgan fingerprint density at radius 2 is 1.57 bits per heavy atom. The quantitative estimate of drug-likeness (QED) is 0.345. The first kappa shape index (κ1) is 10.3. The van der Waals surface area contributed by atoms with E-state index >= 15 is 0 Å². The van der Waals surface area contributed by atoms with Crippen molar-refractivity contribution in [1.29, 1.82) is 0 Å². The fraction of sp³-hybridized carbons (Fsp3) is 0. The molecule has 0 fully saturated rings. The second-order valence-electron chi connectivity index (χ2n) is 0.300. The van der Waals surface area contributed by atoms with Crippen LogP contribution in [0.3, 0.4) is 0 Å². The van der Waals surface area contributed by atoms with E-state index in [2.05, 4.69) is 0 Å². The second kappa shape index (κ2) is 9.56. The topological polar surface area (TPSA) is 101 Å². The summed E-state index contributed by atoms with van der Waals surface area (Å²) < 4.78 is 38.1. The highest BCUT2D eigenvalue weighted by atomic mass is 35.6. The third kappa shape index (κ3) is 1470. The Morgan fingerprint density at radius 1 is 1.57 bits per heavy atom. The van der Waals surface area contributed by atoms with E-state index in [9.17, 15) is 0 Å². The van der Waals surface area contributed by atoms with Gasteiger partial charge in [-0.2, -0.15) is 4.21 Å². The molecule has 0 atom stereocenters. The molecule has 0 aromatic heterocycles. The summed E-state index contributed by atoms with van der Waals surface area (Å²) in [6, 6.07) is 0. The lowest BCUT2D eigenvalue weighted by Gasteiger charge is -1.59. The maximum Gasteiger partial charge on any atom is 0.327 e. The summed E-state index contributed by atoms with van der Waals surface area (Å²) in [6.45, 7) is 0. The third-order valence-electron chi connectivity index (χ3n) is 0. The van der Waals surface area contributed by atoms with E-state index in [-0.39, 0.29) is 11.3 Å². The van der Waals surface area contributed by atoms with Gasteiger partial charge >= 0.3 is 11.3 Å². The summed E-state index contributed by atoms with van der Waals surface area (Å²) in [7, 11) is 0. The van der Waals surface area contributed by atoms with E-state index in [1.54, 1.807) is 0 Å². The van der Waals surface area contributed by atoms with E-state index in [1.807, 2.05) is 0 Å². The zero-order valence-electron chi connectivity index (χ0n) is 2.94. The molecular formula is H3ClO5S. The fourth-order valence-corrected chi connectivity index (χ4v) is 0. The summed E-state index contributed by atoms with van der Waals surface area (Å²) in [5.74, 6) is 0. The summed E-state index contributed by atoms with van der Waals surface area (Å²) in [5.41, 5.74) is 0. The Labute approximate surface area is 46.2 Å². The van der Waals surface area contributed by atoms with Crippen LogP contribution >= 0.6 is 0 Å². The van der Waals surface area contributed by atoms with Crippen LogP contribution in [0.4, 0.5) is 0 Å². The van der Waals surface area contributed by atoms with Crippen molar-refractivity contribution in [3.05, 3.63) is 0 Å². The maximum atomic E-state index is 8.67. The SMILES string of the molecule is O=S(O)O.[O-][Cl+]O. The molecule has 3 N–H and O–H groups in total. The van der Waals surface area contributed by atoms with Gasteiger partial charge in [-0.15, -0.1) is 4.66 Å². The minimum atomic E-state index is -2.61. The van der Waals surface area contributed by atoms with Gasteiger partial charge in [0.25, 0.3) is 11.4 Å². The number of rotatable bonds is 0. The van der Waals surface area contributed by atoms with E-state index in [1.165, 1.54) is 0 Å². The van der Waals surface area contributed by atoms with Crippen LogP contribution in [0, 0.1) is 11.3 Å². The van der Waals surface area contributed by atoms with Crippen molar-refractivity contribution in [3.8, 4) is 0 Å². The normalized spacial score (nSPS) is 7.57. The van der Waals surface area contributed by atoms with Crippen LogP contribution in [0.25, 0.3) is 0 Å². The molecule has 0 saturated carbocycles. The van der Waals surface area contributed by atoms with E-state index in [4.69, 9.17) is 22.6 Å². The lowest BCUT2D eigenvalue weighted by molar-refractivity contribution is -1.27. The van der Waals surface area contributed by atoms with E-state index < -0.39 is 11.4 Å². The Kier molecular flexibility index (Phi) is 14.1. The van der Waals surface area contributed by atoms with Crippen LogP contribution in [0.5, 0.6) is 0 Å². The molecule has 0 aromatic rings. The van der Waals surface area contributed by atoms with Gasteiger partial charge in [-0.25, -0.2) is 0 Å². The Hall–Kier alpha value is 0.280. The molecule has 0 radical (unpaired) electrons. The minimum Gasteiger partial charge on any atom is -0.506 e. The highest BCUT2D eigenvalue weighted by Gasteiger charge is 1.62. The van der Waals surface area contributed by atoms with Gasteiger partial charge in [0, 0.05) is 0 Å². The molecule has 0 saturated heterocycles. The lowest BCUT2D eigenvalue weighted by atomic mass is 15.8. The predicted octanol–water partition coefficient (Wildman–Crippen LogP) is -2.06. The van der Waals surface area contributed by atoms with Crippen LogP contribution in [0.1, 0.15) is 0 Å². The van der Waals surface area contributed by atoms with E-state index in [0.29, 0.717) is 0 Å². The van der Waals surface area contributed by atoms with Crippen molar-refractivity contribution < 1.29 is 34.0 Å². The smallest absolute Gasteiger partial charge is 0.327 e. The molecule has 46 valence electrons. The van der Waals surface area contributed by atoms with Crippen molar-refractivity contribution in [1.82, 2.24) is 0 Å². The van der Waals surface area contributed by atoms with Gasteiger partial charge in [-0.1, -0.05) is 0 Å². The lowest BCUT2D eigenvalue weighted by Crippen LogP contribution is -1.94. The molecular weight excluding hydrogens is 148 g/mol. The molecule has 0 aliphatic heterocycles. The Balaban J connectivity index is 0. The molecule has 5 nitrogen and oxygen atoms in total. The molecule has 0 heterocycles. The molecule has 0 aliphatic carbocycles. The summed E-state index contributed by atoms with van der Waals surface area (Å²) in [5, 5.41) is 0. The second-order valence-corrected chi connectivity index (χ2v) is 0.899. The van der Waals surface area contributed by atoms with Gasteiger partial charge in [0.2, 0.25) is 0 Å². The van der Waals surface area contributed by atoms with Crippen molar-refractivity contribution >= 4 is 11.4 Å². The van der Waals surface area contributed by atoms with Crippen LogP contribution < -0.4 is 4.66 Å². The maximum absolute atomic E-state index is 8.67. The molecule has 0 bridgehead atoms. The molecule has 0 aliphatic rings. The zero-order chi connectivity index (χ0) is 6.28. The first-order valence-electron chi connectivity index (χ1n) is 0.855. The number of hydrogen-bond acceptors (Lipinski definition) is 3. The van der Waals surface area contributed by atoms with Gasteiger partial charge in [0.15, 0.2) is 0 Å². The summed E-state index contributed by atoms with van der Waals surface area (Å²) in [6.07, 6.45) is 0. The van der Waals surface area contributed by atoms with Crippen molar-refractivity contribution in [3.63, 3.8) is 0 Å². The van der Waals surface area contributed by atoms with Crippen LogP contribution in [-0.4, -0.2) is 18.0 Å². The molecule has 0 unspecified atom stereocenters. The Bertz CT molecular complexity index is 39.3. The molecule has 0 amide bonds. The van der Waals surface area contributed by atoms with Gasteiger partial charge in [0.05, 0.1) is 0 Å². The minimum absolute atomic E-state index is 0.167. The molecule has 0 rings (SSSR count). The Morgan fingerprint density at radius 3 is 1.57 bits per heavy atom. The zero-order valence-corrected chi connectivity index (χ0v) is 4.52. The van der Waals surface area contributed by atoms with Gasteiger partial charge in [0.1, 0.15) is 0 Å². The van der Waals surface area contributed by atoms with Crippen LogP contribution in [-0.2, 0) is 11.4 Å². The van der Waals surface area contributed by atoms with Gasteiger partial charge in [-0.3, -0.25) is 9.11 Å². The molecule has 0 aromatic carbocycles.